The molecule has 1 N–H and O–H groups in total. The number of allylic oxidation sites excluding steroid dienone is 1. The third-order valence-electron chi connectivity index (χ3n) is 8.49. The van der Waals surface area contributed by atoms with Gasteiger partial charge in [-0.25, -0.2) is 9.59 Å². The van der Waals surface area contributed by atoms with Crippen LogP contribution in [0.3, 0.4) is 0 Å². The molecule has 44 heavy (non-hydrogen) atoms. The summed E-state index contributed by atoms with van der Waals surface area (Å²) < 4.78 is 22.2. The van der Waals surface area contributed by atoms with Gasteiger partial charge in [-0.3, -0.25) is 4.79 Å². The number of methoxy groups -OCH3 is 3. The van der Waals surface area contributed by atoms with E-state index in [4.69, 9.17) is 18.9 Å². The molecule has 0 radical (unpaired) electrons. The number of ether oxygens (including phenoxy) is 4. The molecule has 0 bridgehead atoms. The Morgan fingerprint density at radius 3 is 2.34 bits per heavy atom. The molecule has 0 spiro atoms. The van der Waals surface area contributed by atoms with E-state index in [0.717, 1.165) is 28.3 Å². The summed E-state index contributed by atoms with van der Waals surface area (Å²) in [6, 6.07) is 7.92. The summed E-state index contributed by atoms with van der Waals surface area (Å²) in [7, 11) is 4.48. The Bertz CT molecular complexity index is 1390. The summed E-state index contributed by atoms with van der Waals surface area (Å²) in [5.41, 5.74) is -0.124. The molecule has 240 valence electrons. The summed E-state index contributed by atoms with van der Waals surface area (Å²) in [5, 5.41) is 4.67. The van der Waals surface area contributed by atoms with Crippen LogP contribution in [0.1, 0.15) is 65.0 Å². The van der Waals surface area contributed by atoms with Gasteiger partial charge in [0.25, 0.3) is 0 Å². The van der Waals surface area contributed by atoms with E-state index in [-0.39, 0.29) is 25.0 Å². The van der Waals surface area contributed by atoms with Crippen molar-refractivity contribution in [3.63, 3.8) is 0 Å². The summed E-state index contributed by atoms with van der Waals surface area (Å²) in [4.78, 5) is 41.7. The second-order valence-corrected chi connectivity index (χ2v) is 13.3. The second-order valence-electron chi connectivity index (χ2n) is 13.3. The number of hydrogen-bond donors (Lipinski definition) is 1. The quantitative estimate of drug-likeness (QED) is 0.225. The van der Waals surface area contributed by atoms with Crippen molar-refractivity contribution >= 4 is 34.8 Å². The van der Waals surface area contributed by atoms with Gasteiger partial charge in [-0.15, -0.1) is 6.58 Å². The number of hydrogen-bond acceptors (Lipinski definition) is 7. The molecular weight excluding hydrogens is 560 g/mol. The summed E-state index contributed by atoms with van der Waals surface area (Å²) in [6.45, 7) is 17.7. The minimum Gasteiger partial charge on any atom is -0.496 e. The van der Waals surface area contributed by atoms with E-state index >= 15 is 0 Å². The first-order chi connectivity index (χ1) is 20.6. The molecule has 0 aromatic heterocycles. The normalized spacial score (nSPS) is 19.3. The van der Waals surface area contributed by atoms with Gasteiger partial charge in [-0.1, -0.05) is 65.5 Å². The van der Waals surface area contributed by atoms with Crippen LogP contribution in [0.2, 0.25) is 0 Å². The largest absolute Gasteiger partial charge is 0.496 e. The SMILES string of the molecule is C=CCC(C)(C)CCOC(=O)N[C@H](C(=O)N1C[C@](OC)(c2ccc3cc(OC)c(C=C)cc3c2)C[C@H]1C(=O)OC)C(C)(C)C. The predicted molar refractivity (Wildman–Crippen MR) is 172 cm³/mol. The molecule has 1 saturated heterocycles. The Labute approximate surface area is 261 Å². The molecule has 3 atom stereocenters. The van der Waals surface area contributed by atoms with Gasteiger partial charge in [-0.05, 0) is 58.2 Å². The molecule has 9 heteroatoms. The van der Waals surface area contributed by atoms with Gasteiger partial charge in [0.05, 0.1) is 27.4 Å². The van der Waals surface area contributed by atoms with Crippen LogP contribution in [0.4, 0.5) is 4.79 Å². The lowest BCUT2D eigenvalue weighted by Crippen LogP contribution is -2.57. The highest BCUT2D eigenvalue weighted by atomic mass is 16.5. The summed E-state index contributed by atoms with van der Waals surface area (Å²) >= 11 is 0. The molecule has 9 nitrogen and oxygen atoms in total. The van der Waals surface area contributed by atoms with E-state index in [1.54, 1.807) is 20.3 Å². The van der Waals surface area contributed by atoms with Crippen molar-refractivity contribution in [3.05, 3.63) is 60.7 Å². The zero-order valence-corrected chi connectivity index (χ0v) is 27.5. The van der Waals surface area contributed by atoms with Crippen LogP contribution in [-0.4, -0.2) is 69.4 Å². The Hall–Kier alpha value is -3.85. The topological polar surface area (TPSA) is 103 Å². The van der Waals surface area contributed by atoms with E-state index < -0.39 is 41.1 Å². The number of benzene rings is 2. The first-order valence-corrected chi connectivity index (χ1v) is 14.9. The Morgan fingerprint density at radius 2 is 1.77 bits per heavy atom. The number of carbonyl (C=O) groups excluding carboxylic acids is 3. The molecule has 2 aromatic carbocycles. The molecule has 2 aromatic rings. The van der Waals surface area contributed by atoms with Crippen LogP contribution >= 0.6 is 0 Å². The number of rotatable bonds is 12. The average Bonchev–Trinajstić information content (AvgIpc) is 3.38. The van der Waals surface area contributed by atoms with Gasteiger partial charge in [0.1, 0.15) is 23.4 Å². The zero-order chi connectivity index (χ0) is 32.9. The molecule has 1 aliphatic heterocycles. The molecular formula is C35H48N2O7. The highest BCUT2D eigenvalue weighted by Gasteiger charge is 2.53. The lowest BCUT2D eigenvalue weighted by molar-refractivity contribution is -0.152. The third kappa shape index (κ3) is 7.62. The lowest BCUT2D eigenvalue weighted by atomic mass is 9.85. The summed E-state index contributed by atoms with van der Waals surface area (Å²) in [6.07, 6.45) is 4.48. The van der Waals surface area contributed by atoms with E-state index in [9.17, 15) is 14.4 Å². The molecule has 0 unspecified atom stereocenters. The van der Waals surface area contributed by atoms with Crippen molar-refractivity contribution in [2.75, 3.05) is 34.5 Å². The van der Waals surface area contributed by atoms with Gasteiger partial charge < -0.3 is 29.2 Å². The highest BCUT2D eigenvalue weighted by molar-refractivity contribution is 5.92. The molecule has 1 aliphatic rings. The second kappa shape index (κ2) is 13.8. The van der Waals surface area contributed by atoms with Crippen LogP contribution in [-0.2, 0) is 29.4 Å². The number of fused-ring (bicyclic) bond motifs is 1. The first kappa shape index (κ1) is 34.6. The van der Waals surface area contributed by atoms with Gasteiger partial charge >= 0.3 is 12.1 Å². The monoisotopic (exact) mass is 608 g/mol. The Kier molecular flexibility index (Phi) is 10.9. The predicted octanol–water partition coefficient (Wildman–Crippen LogP) is 6.24. The van der Waals surface area contributed by atoms with Crippen molar-refractivity contribution < 1.29 is 33.3 Å². The van der Waals surface area contributed by atoms with Crippen LogP contribution in [0.15, 0.2) is 49.6 Å². The molecule has 1 heterocycles. The van der Waals surface area contributed by atoms with E-state index in [0.29, 0.717) is 12.2 Å². The summed E-state index contributed by atoms with van der Waals surface area (Å²) in [5.74, 6) is -0.267. The van der Waals surface area contributed by atoms with Crippen LogP contribution in [0.25, 0.3) is 16.8 Å². The lowest BCUT2D eigenvalue weighted by Gasteiger charge is -2.35. The third-order valence-corrected chi connectivity index (χ3v) is 8.49. The smallest absolute Gasteiger partial charge is 0.407 e. The van der Waals surface area contributed by atoms with Crippen LogP contribution in [0, 0.1) is 10.8 Å². The highest BCUT2D eigenvalue weighted by Crippen LogP contribution is 2.42. The van der Waals surface area contributed by atoms with Gasteiger partial charge in [0.2, 0.25) is 5.91 Å². The average molecular weight is 609 g/mol. The standard InChI is InChI=1S/C35H48N2O7/c1-11-15-34(6,7)16-17-44-32(40)36-29(33(3,4)5)30(38)37-22-35(43-10,21-27(37)31(39)42-9)26-14-13-24-20-28(41-8)23(12-2)18-25(24)19-26/h11-14,18-20,27,29H,1-2,15-17,21-22H2,3-10H3,(H,36,40)/t27-,29+,35-/m0/s1. The molecule has 3 rings (SSSR count). The van der Waals surface area contributed by atoms with E-state index in [2.05, 4.69) is 32.3 Å². The maximum Gasteiger partial charge on any atom is 0.407 e. The maximum atomic E-state index is 14.2. The number of carbonyl (C=O) groups is 3. The molecule has 1 fully saturated rings. The molecule has 2 amide bonds. The number of alkyl carbamates (subject to hydrolysis) is 1. The fraction of sp³-hybridized carbons (Fsp3) is 0.514. The Balaban J connectivity index is 1.93. The first-order valence-electron chi connectivity index (χ1n) is 14.9. The fourth-order valence-corrected chi connectivity index (χ4v) is 5.73. The van der Waals surface area contributed by atoms with Gasteiger partial charge in [0.15, 0.2) is 0 Å². The number of nitrogens with zero attached hydrogens (tertiary/aromatic N) is 1. The zero-order valence-electron chi connectivity index (χ0n) is 27.5. The van der Waals surface area contributed by atoms with Gasteiger partial charge in [-0.2, -0.15) is 0 Å². The Morgan fingerprint density at radius 1 is 1.07 bits per heavy atom. The number of amides is 2. The van der Waals surface area contributed by atoms with E-state index in [1.165, 1.54) is 12.0 Å². The van der Waals surface area contributed by atoms with Crippen molar-refractivity contribution in [2.24, 2.45) is 10.8 Å². The molecule has 0 saturated carbocycles. The molecule has 0 aliphatic carbocycles. The van der Waals surface area contributed by atoms with Crippen molar-refractivity contribution in [2.45, 2.75) is 71.6 Å². The minimum absolute atomic E-state index is 0.0733. The minimum atomic E-state index is -1.00. The fourth-order valence-electron chi connectivity index (χ4n) is 5.73. The maximum absolute atomic E-state index is 14.2. The number of esters is 1. The van der Waals surface area contributed by atoms with Crippen molar-refractivity contribution in [1.29, 1.82) is 0 Å². The van der Waals surface area contributed by atoms with Gasteiger partial charge in [0, 0.05) is 19.1 Å². The van der Waals surface area contributed by atoms with Crippen molar-refractivity contribution in [1.82, 2.24) is 10.2 Å². The van der Waals surface area contributed by atoms with Crippen LogP contribution in [0.5, 0.6) is 5.75 Å². The van der Waals surface area contributed by atoms with Crippen molar-refractivity contribution in [3.8, 4) is 5.75 Å². The number of nitrogens with one attached hydrogen (secondary N) is 1. The van der Waals surface area contributed by atoms with Crippen LogP contribution < -0.4 is 10.1 Å². The number of likely N-dealkylation sites (tertiary alicyclic amines) is 1. The van der Waals surface area contributed by atoms with E-state index in [1.807, 2.05) is 57.2 Å².